The molecule has 150 valence electrons. The molecule has 0 saturated carbocycles. The zero-order valence-electron chi connectivity index (χ0n) is 16.3. The number of benzene rings is 2. The first-order chi connectivity index (χ1) is 14.1. The van der Waals surface area contributed by atoms with E-state index in [4.69, 9.17) is 0 Å². The van der Waals surface area contributed by atoms with Crippen molar-refractivity contribution in [3.8, 4) is 0 Å². The molecule has 1 saturated heterocycles. The minimum Gasteiger partial charge on any atom is -0.349 e. The molecule has 4 amide bonds. The molecule has 0 bridgehead atoms. The Balaban J connectivity index is 1.31. The SMILES string of the molecule is O=C(CC[C@@H]1NC(=O)N(Cc2ccccc2)C1=O)NC1CCCc2ccccc21. The zero-order valence-corrected chi connectivity index (χ0v) is 16.3. The van der Waals surface area contributed by atoms with E-state index < -0.39 is 12.1 Å². The number of aryl methyl sites for hydroxylation is 1. The number of hydrogen-bond acceptors (Lipinski definition) is 3. The minimum absolute atomic E-state index is 0.0240. The molecule has 2 atom stereocenters. The zero-order chi connectivity index (χ0) is 20.2. The molecule has 29 heavy (non-hydrogen) atoms. The summed E-state index contributed by atoms with van der Waals surface area (Å²) in [5.74, 6) is -0.357. The highest BCUT2D eigenvalue weighted by molar-refractivity contribution is 6.04. The quantitative estimate of drug-likeness (QED) is 0.743. The van der Waals surface area contributed by atoms with Crippen LogP contribution in [0.1, 0.15) is 48.4 Å². The van der Waals surface area contributed by atoms with Crippen molar-refractivity contribution in [1.82, 2.24) is 15.5 Å². The Bertz CT molecular complexity index is 913. The lowest BCUT2D eigenvalue weighted by Crippen LogP contribution is -2.34. The first-order valence-electron chi connectivity index (χ1n) is 10.1. The summed E-state index contributed by atoms with van der Waals surface area (Å²) in [5.41, 5.74) is 3.37. The summed E-state index contributed by atoms with van der Waals surface area (Å²) >= 11 is 0. The molecule has 0 radical (unpaired) electrons. The standard InChI is InChI=1S/C23H25N3O3/c27-21(24-19-12-6-10-17-9-4-5-11-18(17)19)14-13-20-22(28)26(23(29)25-20)15-16-7-2-1-3-8-16/h1-5,7-9,11,19-20H,6,10,12-15H2,(H,24,27)(H,25,29)/t19?,20-/m0/s1. The van der Waals surface area contributed by atoms with Crippen molar-refractivity contribution < 1.29 is 14.4 Å². The number of hydrogen-bond donors (Lipinski definition) is 2. The largest absolute Gasteiger partial charge is 0.349 e. The van der Waals surface area contributed by atoms with Gasteiger partial charge >= 0.3 is 6.03 Å². The van der Waals surface area contributed by atoms with Crippen molar-refractivity contribution in [1.29, 1.82) is 0 Å². The van der Waals surface area contributed by atoms with Crippen molar-refractivity contribution in [2.24, 2.45) is 0 Å². The molecular formula is C23H25N3O3. The minimum atomic E-state index is -0.643. The Morgan fingerprint density at radius 3 is 2.66 bits per heavy atom. The summed E-state index contributed by atoms with van der Waals surface area (Å²) in [6.45, 7) is 0.243. The van der Waals surface area contributed by atoms with Gasteiger partial charge in [-0.05, 0) is 42.4 Å². The lowest BCUT2D eigenvalue weighted by atomic mass is 9.87. The molecule has 6 heteroatoms. The van der Waals surface area contributed by atoms with E-state index in [1.54, 1.807) is 0 Å². The molecule has 0 spiro atoms. The fourth-order valence-corrected chi connectivity index (χ4v) is 4.13. The Morgan fingerprint density at radius 1 is 1.07 bits per heavy atom. The van der Waals surface area contributed by atoms with E-state index in [-0.39, 0.29) is 30.8 Å². The number of carbonyl (C=O) groups is 3. The van der Waals surface area contributed by atoms with Gasteiger partial charge in [0.15, 0.2) is 0 Å². The second-order valence-electron chi connectivity index (χ2n) is 7.66. The summed E-state index contributed by atoms with van der Waals surface area (Å²) < 4.78 is 0. The molecular weight excluding hydrogens is 366 g/mol. The third-order valence-electron chi connectivity index (χ3n) is 5.66. The summed E-state index contributed by atoms with van der Waals surface area (Å²) in [6.07, 6.45) is 3.52. The maximum Gasteiger partial charge on any atom is 0.325 e. The topological polar surface area (TPSA) is 78.5 Å². The van der Waals surface area contributed by atoms with Gasteiger partial charge < -0.3 is 10.6 Å². The molecule has 4 rings (SSSR count). The van der Waals surface area contributed by atoms with Gasteiger partial charge in [0, 0.05) is 6.42 Å². The smallest absolute Gasteiger partial charge is 0.325 e. The summed E-state index contributed by atoms with van der Waals surface area (Å²) in [5, 5.41) is 5.81. The fraction of sp³-hybridized carbons (Fsp3) is 0.348. The molecule has 2 aromatic carbocycles. The highest BCUT2D eigenvalue weighted by Crippen LogP contribution is 2.29. The first kappa shape index (κ1) is 19.2. The molecule has 0 aromatic heterocycles. The molecule has 1 aliphatic heterocycles. The van der Waals surface area contributed by atoms with Crippen LogP contribution in [0.3, 0.4) is 0 Å². The van der Waals surface area contributed by atoms with Gasteiger partial charge in [-0.1, -0.05) is 54.6 Å². The maximum atomic E-state index is 12.6. The van der Waals surface area contributed by atoms with E-state index in [1.807, 2.05) is 42.5 Å². The molecule has 1 aliphatic carbocycles. The highest BCUT2D eigenvalue weighted by atomic mass is 16.2. The maximum absolute atomic E-state index is 12.6. The molecule has 2 aliphatic rings. The van der Waals surface area contributed by atoms with Crippen LogP contribution in [0.25, 0.3) is 0 Å². The number of nitrogens with one attached hydrogen (secondary N) is 2. The van der Waals surface area contributed by atoms with Gasteiger partial charge in [0.1, 0.15) is 6.04 Å². The fourth-order valence-electron chi connectivity index (χ4n) is 4.13. The van der Waals surface area contributed by atoms with E-state index in [0.29, 0.717) is 6.42 Å². The third-order valence-corrected chi connectivity index (χ3v) is 5.66. The Labute approximate surface area is 170 Å². The second kappa shape index (κ2) is 8.47. The monoisotopic (exact) mass is 391 g/mol. The summed E-state index contributed by atoms with van der Waals surface area (Å²) in [7, 11) is 0. The van der Waals surface area contributed by atoms with Gasteiger partial charge in [0.25, 0.3) is 5.91 Å². The Kier molecular flexibility index (Phi) is 5.60. The van der Waals surface area contributed by atoms with E-state index in [9.17, 15) is 14.4 Å². The van der Waals surface area contributed by atoms with Crippen LogP contribution in [0.15, 0.2) is 54.6 Å². The van der Waals surface area contributed by atoms with Crippen LogP contribution in [0.4, 0.5) is 4.79 Å². The van der Waals surface area contributed by atoms with Crippen LogP contribution < -0.4 is 10.6 Å². The van der Waals surface area contributed by atoms with Crippen molar-refractivity contribution in [3.63, 3.8) is 0 Å². The predicted octanol–water partition coefficient (Wildman–Crippen LogP) is 3.08. The van der Waals surface area contributed by atoms with Crippen LogP contribution in [-0.2, 0) is 22.6 Å². The van der Waals surface area contributed by atoms with E-state index in [2.05, 4.69) is 22.8 Å². The van der Waals surface area contributed by atoms with E-state index >= 15 is 0 Å². The number of imide groups is 1. The van der Waals surface area contributed by atoms with Crippen molar-refractivity contribution >= 4 is 17.8 Å². The highest BCUT2D eigenvalue weighted by Gasteiger charge is 2.37. The molecule has 2 aromatic rings. The predicted molar refractivity (Wildman–Crippen MR) is 109 cm³/mol. The number of rotatable bonds is 6. The van der Waals surface area contributed by atoms with Gasteiger partial charge in [-0.3, -0.25) is 14.5 Å². The number of urea groups is 1. The van der Waals surface area contributed by atoms with Crippen LogP contribution in [0.2, 0.25) is 0 Å². The van der Waals surface area contributed by atoms with Crippen LogP contribution in [0, 0.1) is 0 Å². The van der Waals surface area contributed by atoms with Gasteiger partial charge in [-0.25, -0.2) is 4.79 Å². The third kappa shape index (κ3) is 4.31. The van der Waals surface area contributed by atoms with Gasteiger partial charge in [-0.15, -0.1) is 0 Å². The molecule has 1 fully saturated rings. The van der Waals surface area contributed by atoms with E-state index in [0.717, 1.165) is 24.8 Å². The number of fused-ring (bicyclic) bond motifs is 1. The van der Waals surface area contributed by atoms with Crippen LogP contribution >= 0.6 is 0 Å². The van der Waals surface area contributed by atoms with Crippen LogP contribution in [0.5, 0.6) is 0 Å². The average molecular weight is 391 g/mol. The molecule has 2 N–H and O–H groups in total. The Hall–Kier alpha value is -3.15. The van der Waals surface area contributed by atoms with Crippen molar-refractivity contribution in [2.45, 2.75) is 50.7 Å². The number of carbonyl (C=O) groups excluding carboxylic acids is 3. The lowest BCUT2D eigenvalue weighted by Gasteiger charge is -2.26. The molecule has 1 unspecified atom stereocenters. The molecule has 6 nitrogen and oxygen atoms in total. The number of nitrogens with zero attached hydrogens (tertiary/aromatic N) is 1. The molecule has 1 heterocycles. The average Bonchev–Trinajstić information content (AvgIpc) is 3.01. The van der Waals surface area contributed by atoms with E-state index in [1.165, 1.54) is 16.0 Å². The van der Waals surface area contributed by atoms with Gasteiger partial charge in [0.05, 0.1) is 12.6 Å². The van der Waals surface area contributed by atoms with Gasteiger partial charge in [-0.2, -0.15) is 0 Å². The number of amides is 4. The summed E-state index contributed by atoms with van der Waals surface area (Å²) in [4.78, 5) is 38.5. The van der Waals surface area contributed by atoms with Crippen LogP contribution in [-0.4, -0.2) is 28.8 Å². The van der Waals surface area contributed by atoms with Gasteiger partial charge in [0.2, 0.25) is 5.91 Å². The first-order valence-corrected chi connectivity index (χ1v) is 10.1. The second-order valence-corrected chi connectivity index (χ2v) is 7.66. The van der Waals surface area contributed by atoms with Crippen molar-refractivity contribution in [3.05, 3.63) is 71.3 Å². The summed E-state index contributed by atoms with van der Waals surface area (Å²) in [6, 6.07) is 16.6. The lowest BCUT2D eigenvalue weighted by molar-refractivity contribution is -0.128. The van der Waals surface area contributed by atoms with Crippen molar-refractivity contribution in [2.75, 3.05) is 0 Å². The Morgan fingerprint density at radius 2 is 1.83 bits per heavy atom. The normalized spacial score (nSPS) is 20.9.